The quantitative estimate of drug-likeness (QED) is 0.640. The number of nitrogens with one attached hydrogen (secondary N) is 1. The topological polar surface area (TPSA) is 99.3 Å². The Hall–Kier alpha value is -2.62. The van der Waals surface area contributed by atoms with E-state index in [4.69, 9.17) is 5.26 Å². The van der Waals surface area contributed by atoms with Crippen LogP contribution in [0.2, 0.25) is 0 Å². The van der Waals surface area contributed by atoms with Gasteiger partial charge in [0, 0.05) is 19.6 Å². The largest absolute Gasteiger partial charge is 0.383 e. The van der Waals surface area contributed by atoms with Crippen molar-refractivity contribution in [2.45, 2.75) is 26.3 Å². The number of hydrogen-bond acceptors (Lipinski definition) is 5. The van der Waals surface area contributed by atoms with E-state index in [0.29, 0.717) is 0 Å². The van der Waals surface area contributed by atoms with Gasteiger partial charge in [0.2, 0.25) is 0 Å². The highest BCUT2D eigenvalue weighted by Crippen LogP contribution is 2.29. The van der Waals surface area contributed by atoms with E-state index in [0.717, 1.165) is 0 Å². The minimum Gasteiger partial charge on any atom is -0.383 e. The fraction of sp³-hybridized carbons (Fsp3) is 0.429. The average Bonchev–Trinajstić information content (AvgIpc) is 2.45. The van der Waals surface area contributed by atoms with Crippen LogP contribution in [-0.4, -0.2) is 35.4 Å². The zero-order valence-electron chi connectivity index (χ0n) is 12.3. The molecular weight excluding hydrogens is 272 g/mol. The summed E-state index contributed by atoms with van der Waals surface area (Å²) in [6.07, 6.45) is 0.184. The maximum absolute atomic E-state index is 12.6. The third-order valence-electron chi connectivity index (χ3n) is 3.07. The Kier molecular flexibility index (Phi) is 5.67. The molecule has 0 fully saturated rings. The average molecular weight is 290 g/mol. The van der Waals surface area contributed by atoms with Crippen LogP contribution in [0.25, 0.3) is 0 Å². The van der Waals surface area contributed by atoms with Gasteiger partial charge in [-0.2, -0.15) is 5.26 Å². The number of anilines is 1. The molecule has 0 atom stereocenters. The molecule has 112 valence electrons. The van der Waals surface area contributed by atoms with Crippen molar-refractivity contribution in [3.8, 4) is 6.07 Å². The second kappa shape index (κ2) is 7.24. The van der Waals surface area contributed by atoms with Gasteiger partial charge in [0.15, 0.2) is 0 Å². The van der Waals surface area contributed by atoms with Crippen molar-refractivity contribution < 1.29 is 9.72 Å². The maximum Gasteiger partial charge on any atom is 0.305 e. The molecule has 0 radical (unpaired) electrons. The van der Waals surface area contributed by atoms with Crippen LogP contribution in [-0.2, 0) is 0 Å². The fourth-order valence-corrected chi connectivity index (χ4v) is 2.03. The van der Waals surface area contributed by atoms with Crippen LogP contribution >= 0.6 is 0 Å². The van der Waals surface area contributed by atoms with E-state index < -0.39 is 10.8 Å². The van der Waals surface area contributed by atoms with Crippen molar-refractivity contribution in [2.75, 3.05) is 18.9 Å². The molecule has 21 heavy (non-hydrogen) atoms. The van der Waals surface area contributed by atoms with E-state index >= 15 is 0 Å². The molecule has 1 N–H and O–H groups in total. The van der Waals surface area contributed by atoms with Crippen molar-refractivity contribution >= 4 is 17.3 Å². The van der Waals surface area contributed by atoms with Gasteiger partial charge in [-0.15, -0.1) is 0 Å². The SMILES string of the molecule is CNc1cccc(C(=O)N(CCC#N)C(C)C)c1[N+](=O)[O-]. The molecule has 0 aliphatic carbocycles. The third kappa shape index (κ3) is 3.69. The molecule has 0 saturated heterocycles. The smallest absolute Gasteiger partial charge is 0.305 e. The number of nitro groups is 1. The first-order chi connectivity index (χ1) is 9.93. The van der Waals surface area contributed by atoms with E-state index in [1.165, 1.54) is 11.0 Å². The molecule has 0 aliphatic heterocycles. The monoisotopic (exact) mass is 290 g/mol. The lowest BCUT2D eigenvalue weighted by molar-refractivity contribution is -0.384. The van der Waals surface area contributed by atoms with Crippen LogP contribution in [0.4, 0.5) is 11.4 Å². The Labute approximate surface area is 123 Å². The third-order valence-corrected chi connectivity index (χ3v) is 3.07. The van der Waals surface area contributed by atoms with Crippen LogP contribution < -0.4 is 5.32 Å². The van der Waals surface area contributed by atoms with Crippen molar-refractivity contribution in [3.63, 3.8) is 0 Å². The van der Waals surface area contributed by atoms with Crippen molar-refractivity contribution in [1.29, 1.82) is 5.26 Å². The number of nitriles is 1. The standard InChI is InChI=1S/C14H18N4O3/c1-10(2)17(9-5-8-15)14(19)11-6-4-7-12(16-3)13(11)18(20)21/h4,6-7,10,16H,5,9H2,1-3H3. The number of para-hydroxylation sites is 1. The first-order valence-electron chi connectivity index (χ1n) is 6.57. The second-order valence-electron chi connectivity index (χ2n) is 4.71. The van der Waals surface area contributed by atoms with Gasteiger partial charge >= 0.3 is 5.69 Å². The van der Waals surface area contributed by atoms with Gasteiger partial charge in [0.1, 0.15) is 11.3 Å². The number of hydrogen-bond donors (Lipinski definition) is 1. The first-order valence-corrected chi connectivity index (χ1v) is 6.57. The number of carbonyl (C=O) groups excluding carboxylic acids is 1. The number of rotatable bonds is 6. The molecule has 0 heterocycles. The summed E-state index contributed by atoms with van der Waals surface area (Å²) in [4.78, 5) is 24.7. The maximum atomic E-state index is 12.6. The van der Waals surface area contributed by atoms with Crippen LogP contribution in [0.1, 0.15) is 30.6 Å². The van der Waals surface area contributed by atoms with E-state index in [1.54, 1.807) is 19.2 Å². The van der Waals surface area contributed by atoms with Crippen LogP contribution in [0.5, 0.6) is 0 Å². The molecule has 1 aromatic rings. The molecule has 1 rings (SSSR count). The predicted octanol–water partition coefficient (Wildman–Crippen LogP) is 2.40. The molecule has 0 bridgehead atoms. The highest BCUT2D eigenvalue weighted by molar-refractivity contribution is 6.00. The lowest BCUT2D eigenvalue weighted by atomic mass is 10.1. The summed E-state index contributed by atoms with van der Waals surface area (Å²) >= 11 is 0. The summed E-state index contributed by atoms with van der Waals surface area (Å²) in [7, 11) is 1.56. The van der Waals surface area contributed by atoms with E-state index in [2.05, 4.69) is 5.32 Å². The highest BCUT2D eigenvalue weighted by Gasteiger charge is 2.28. The van der Waals surface area contributed by atoms with Gasteiger partial charge in [0.25, 0.3) is 5.91 Å². The predicted molar refractivity (Wildman–Crippen MR) is 79.0 cm³/mol. The minimum atomic E-state index is -0.568. The molecular formula is C14H18N4O3. The summed E-state index contributed by atoms with van der Waals surface area (Å²) in [6, 6.07) is 6.40. The molecule has 0 aliphatic rings. The number of nitro benzene ring substituents is 1. The Bertz CT molecular complexity index is 578. The molecule has 7 heteroatoms. The van der Waals surface area contributed by atoms with Crippen molar-refractivity contribution in [3.05, 3.63) is 33.9 Å². The molecule has 0 spiro atoms. The van der Waals surface area contributed by atoms with E-state index in [-0.39, 0.29) is 35.9 Å². The van der Waals surface area contributed by atoms with Crippen molar-refractivity contribution in [1.82, 2.24) is 4.90 Å². The van der Waals surface area contributed by atoms with E-state index in [1.807, 2.05) is 19.9 Å². The molecule has 1 aromatic carbocycles. The van der Waals surface area contributed by atoms with Gasteiger partial charge in [-0.1, -0.05) is 6.07 Å². The highest BCUT2D eigenvalue weighted by atomic mass is 16.6. The summed E-state index contributed by atoms with van der Waals surface area (Å²) < 4.78 is 0. The number of carbonyl (C=O) groups is 1. The fourth-order valence-electron chi connectivity index (χ4n) is 2.03. The van der Waals surface area contributed by atoms with Crippen LogP contribution in [0.15, 0.2) is 18.2 Å². The Balaban J connectivity index is 3.28. The summed E-state index contributed by atoms with van der Waals surface area (Å²) in [5.74, 6) is -0.441. The summed E-state index contributed by atoms with van der Waals surface area (Å²) in [5.41, 5.74) is 0.0703. The van der Waals surface area contributed by atoms with E-state index in [9.17, 15) is 14.9 Å². The van der Waals surface area contributed by atoms with Crippen LogP contribution in [0, 0.1) is 21.4 Å². The summed E-state index contributed by atoms with van der Waals surface area (Å²) in [5, 5.41) is 22.6. The number of benzene rings is 1. The van der Waals surface area contributed by atoms with Gasteiger partial charge < -0.3 is 10.2 Å². The molecule has 1 amide bonds. The molecule has 0 unspecified atom stereocenters. The molecule has 7 nitrogen and oxygen atoms in total. The van der Waals surface area contributed by atoms with Crippen molar-refractivity contribution in [2.24, 2.45) is 0 Å². The number of nitrogens with zero attached hydrogens (tertiary/aromatic N) is 3. The van der Waals surface area contributed by atoms with Gasteiger partial charge in [-0.05, 0) is 26.0 Å². The lowest BCUT2D eigenvalue weighted by Crippen LogP contribution is -2.38. The van der Waals surface area contributed by atoms with Gasteiger partial charge in [-0.25, -0.2) is 0 Å². The molecule has 0 aromatic heterocycles. The Morgan fingerprint density at radius 3 is 2.67 bits per heavy atom. The lowest BCUT2D eigenvalue weighted by Gasteiger charge is -2.26. The Morgan fingerprint density at radius 1 is 1.52 bits per heavy atom. The minimum absolute atomic E-state index is 0.0264. The zero-order valence-corrected chi connectivity index (χ0v) is 12.3. The normalized spacial score (nSPS) is 10.0. The zero-order chi connectivity index (χ0) is 16.0. The Morgan fingerprint density at radius 2 is 2.19 bits per heavy atom. The first kappa shape index (κ1) is 16.4. The number of amides is 1. The van der Waals surface area contributed by atoms with Crippen LogP contribution in [0.3, 0.4) is 0 Å². The second-order valence-corrected chi connectivity index (χ2v) is 4.71. The van der Waals surface area contributed by atoms with Gasteiger partial charge in [0.05, 0.1) is 17.4 Å². The summed E-state index contributed by atoms with van der Waals surface area (Å²) in [6.45, 7) is 3.86. The van der Waals surface area contributed by atoms with Gasteiger partial charge in [-0.3, -0.25) is 14.9 Å². The molecule has 0 saturated carbocycles.